The van der Waals surface area contributed by atoms with Gasteiger partial charge in [-0.2, -0.15) is 0 Å². The number of hydrogen-bond donors (Lipinski definition) is 1. The lowest BCUT2D eigenvalue weighted by Crippen LogP contribution is -2.29. The standard InChI is InChI=1S/C12H17Cl2NO4S/c1-15(4-3-5-19-2)20(17,18)12-6-9(8-16)10(13)7-11(12)14/h6-7,16H,3-5,8H2,1-2H3. The topological polar surface area (TPSA) is 66.8 Å². The van der Waals surface area contributed by atoms with E-state index in [4.69, 9.17) is 33.0 Å². The molecule has 0 saturated carbocycles. The number of methoxy groups -OCH3 is 1. The second kappa shape index (κ2) is 7.59. The predicted molar refractivity (Wildman–Crippen MR) is 78.7 cm³/mol. The van der Waals surface area contributed by atoms with Crippen molar-refractivity contribution in [1.82, 2.24) is 4.31 Å². The van der Waals surface area contributed by atoms with Crippen molar-refractivity contribution in [2.75, 3.05) is 27.3 Å². The summed E-state index contributed by atoms with van der Waals surface area (Å²) in [5, 5.41) is 9.43. The van der Waals surface area contributed by atoms with Crippen LogP contribution in [0.2, 0.25) is 10.0 Å². The van der Waals surface area contributed by atoms with Gasteiger partial charge in [-0.3, -0.25) is 0 Å². The van der Waals surface area contributed by atoms with Crippen LogP contribution in [0.15, 0.2) is 17.0 Å². The second-order valence-corrected chi connectivity index (χ2v) is 7.03. The van der Waals surface area contributed by atoms with Crippen molar-refractivity contribution in [3.63, 3.8) is 0 Å². The van der Waals surface area contributed by atoms with Crippen LogP contribution in [-0.4, -0.2) is 45.1 Å². The first kappa shape index (κ1) is 17.7. The summed E-state index contributed by atoms with van der Waals surface area (Å²) in [6, 6.07) is 2.62. The summed E-state index contributed by atoms with van der Waals surface area (Å²) in [5.74, 6) is 0. The van der Waals surface area contributed by atoms with E-state index in [-0.39, 0.29) is 21.5 Å². The number of halogens is 2. The van der Waals surface area contributed by atoms with E-state index < -0.39 is 10.0 Å². The molecule has 0 radical (unpaired) electrons. The van der Waals surface area contributed by atoms with Crippen LogP contribution >= 0.6 is 23.2 Å². The van der Waals surface area contributed by atoms with E-state index >= 15 is 0 Å². The van der Waals surface area contributed by atoms with Crippen LogP contribution in [0.5, 0.6) is 0 Å². The summed E-state index contributed by atoms with van der Waals surface area (Å²) in [5.41, 5.74) is 0.319. The van der Waals surface area contributed by atoms with Crippen molar-refractivity contribution in [2.24, 2.45) is 0 Å². The van der Waals surface area contributed by atoms with Gasteiger partial charge in [-0.05, 0) is 24.1 Å². The van der Waals surface area contributed by atoms with Gasteiger partial charge in [0.25, 0.3) is 0 Å². The minimum atomic E-state index is -3.72. The first-order chi connectivity index (χ1) is 9.34. The van der Waals surface area contributed by atoms with Crippen molar-refractivity contribution < 1.29 is 18.3 Å². The summed E-state index contributed by atoms with van der Waals surface area (Å²) in [6.45, 7) is 0.422. The number of ether oxygens (including phenoxy) is 1. The van der Waals surface area contributed by atoms with Gasteiger partial charge >= 0.3 is 0 Å². The molecule has 0 bridgehead atoms. The van der Waals surface area contributed by atoms with Gasteiger partial charge in [-0.1, -0.05) is 23.2 Å². The lowest BCUT2D eigenvalue weighted by Gasteiger charge is -2.18. The Kier molecular flexibility index (Phi) is 6.71. The van der Waals surface area contributed by atoms with Gasteiger partial charge in [0.15, 0.2) is 0 Å². The zero-order valence-electron chi connectivity index (χ0n) is 11.3. The molecule has 0 unspecified atom stereocenters. The average Bonchev–Trinajstić information content (AvgIpc) is 2.38. The average molecular weight is 342 g/mol. The number of nitrogens with zero attached hydrogens (tertiary/aromatic N) is 1. The number of rotatable bonds is 7. The largest absolute Gasteiger partial charge is 0.392 e. The quantitative estimate of drug-likeness (QED) is 0.771. The van der Waals surface area contributed by atoms with Crippen molar-refractivity contribution in [2.45, 2.75) is 17.9 Å². The summed E-state index contributed by atoms with van der Waals surface area (Å²) >= 11 is 11.8. The molecule has 114 valence electrons. The molecule has 0 spiro atoms. The highest BCUT2D eigenvalue weighted by molar-refractivity contribution is 7.89. The Balaban J connectivity index is 3.08. The van der Waals surface area contributed by atoms with E-state index in [0.29, 0.717) is 25.1 Å². The first-order valence-electron chi connectivity index (χ1n) is 5.88. The molecular formula is C12H17Cl2NO4S. The molecule has 1 aromatic carbocycles. The van der Waals surface area contributed by atoms with Gasteiger partial charge in [-0.15, -0.1) is 0 Å². The lowest BCUT2D eigenvalue weighted by molar-refractivity contribution is 0.189. The van der Waals surface area contributed by atoms with Crippen LogP contribution in [0.3, 0.4) is 0 Å². The van der Waals surface area contributed by atoms with Crippen LogP contribution in [0.4, 0.5) is 0 Å². The molecule has 20 heavy (non-hydrogen) atoms. The molecule has 0 atom stereocenters. The number of benzene rings is 1. The van der Waals surface area contributed by atoms with Gasteiger partial charge in [0.1, 0.15) is 4.90 Å². The Morgan fingerprint density at radius 1 is 1.30 bits per heavy atom. The van der Waals surface area contributed by atoms with E-state index in [2.05, 4.69) is 0 Å². The molecule has 1 aromatic rings. The van der Waals surface area contributed by atoms with E-state index in [1.807, 2.05) is 0 Å². The van der Waals surface area contributed by atoms with E-state index in [1.54, 1.807) is 7.11 Å². The predicted octanol–water partition coefficient (Wildman–Crippen LogP) is 2.14. The molecule has 1 N–H and O–H groups in total. The summed E-state index contributed by atoms with van der Waals surface area (Å²) in [4.78, 5) is -0.0625. The Bertz CT molecular complexity index is 563. The van der Waals surface area contributed by atoms with Crippen molar-refractivity contribution in [3.05, 3.63) is 27.7 Å². The molecule has 0 aliphatic rings. The smallest absolute Gasteiger partial charge is 0.244 e. The molecule has 0 amide bonds. The number of sulfonamides is 1. The van der Waals surface area contributed by atoms with Crippen LogP contribution in [-0.2, 0) is 21.4 Å². The number of aliphatic hydroxyl groups excluding tert-OH is 1. The fraction of sp³-hybridized carbons (Fsp3) is 0.500. The molecule has 8 heteroatoms. The Hall–Kier alpha value is -0.370. The van der Waals surface area contributed by atoms with Gasteiger partial charge in [0.2, 0.25) is 10.0 Å². The minimum absolute atomic E-state index is 0.0331. The monoisotopic (exact) mass is 341 g/mol. The van der Waals surface area contributed by atoms with Crippen LogP contribution < -0.4 is 0 Å². The van der Waals surface area contributed by atoms with Crippen molar-refractivity contribution in [3.8, 4) is 0 Å². The van der Waals surface area contributed by atoms with Crippen molar-refractivity contribution in [1.29, 1.82) is 0 Å². The molecular weight excluding hydrogens is 325 g/mol. The highest BCUT2D eigenvalue weighted by Gasteiger charge is 2.24. The maximum absolute atomic E-state index is 12.4. The number of aliphatic hydroxyl groups is 1. The fourth-order valence-corrected chi connectivity index (χ4v) is 3.65. The SMILES string of the molecule is COCCCN(C)S(=O)(=O)c1cc(CO)c(Cl)cc1Cl. The summed E-state index contributed by atoms with van der Waals surface area (Å²) < 4.78 is 30.9. The minimum Gasteiger partial charge on any atom is -0.392 e. The third-order valence-corrected chi connectivity index (χ3v) is 5.45. The Morgan fingerprint density at radius 3 is 2.50 bits per heavy atom. The molecule has 0 fully saturated rings. The third kappa shape index (κ3) is 4.07. The Morgan fingerprint density at radius 2 is 1.95 bits per heavy atom. The zero-order valence-corrected chi connectivity index (χ0v) is 13.6. The van der Waals surface area contributed by atoms with E-state index in [9.17, 15) is 8.42 Å². The lowest BCUT2D eigenvalue weighted by atomic mass is 10.2. The van der Waals surface area contributed by atoms with E-state index in [0.717, 1.165) is 0 Å². The maximum Gasteiger partial charge on any atom is 0.244 e. The molecule has 0 aliphatic carbocycles. The normalized spacial score (nSPS) is 12.1. The fourth-order valence-electron chi connectivity index (χ4n) is 1.61. The molecule has 1 rings (SSSR count). The van der Waals surface area contributed by atoms with Crippen molar-refractivity contribution >= 4 is 33.2 Å². The summed E-state index contributed by atoms with van der Waals surface area (Å²) in [7, 11) is -0.703. The maximum atomic E-state index is 12.4. The highest BCUT2D eigenvalue weighted by Crippen LogP contribution is 2.30. The van der Waals surface area contributed by atoms with Gasteiger partial charge in [0, 0.05) is 32.3 Å². The van der Waals surface area contributed by atoms with Crippen LogP contribution in [0, 0.1) is 0 Å². The molecule has 0 saturated heterocycles. The zero-order chi connectivity index (χ0) is 15.3. The molecule has 5 nitrogen and oxygen atoms in total. The van der Waals surface area contributed by atoms with Crippen LogP contribution in [0.1, 0.15) is 12.0 Å². The molecule has 0 aliphatic heterocycles. The summed E-state index contributed by atoms with van der Waals surface area (Å²) in [6.07, 6.45) is 0.574. The van der Waals surface area contributed by atoms with Gasteiger partial charge < -0.3 is 9.84 Å². The highest BCUT2D eigenvalue weighted by atomic mass is 35.5. The second-order valence-electron chi connectivity index (χ2n) is 4.21. The third-order valence-electron chi connectivity index (χ3n) is 2.78. The van der Waals surface area contributed by atoms with Gasteiger partial charge in [-0.25, -0.2) is 12.7 Å². The number of hydrogen-bond acceptors (Lipinski definition) is 4. The van der Waals surface area contributed by atoms with Gasteiger partial charge in [0.05, 0.1) is 11.6 Å². The molecule has 0 heterocycles. The van der Waals surface area contributed by atoms with E-state index in [1.165, 1.54) is 23.5 Å². The van der Waals surface area contributed by atoms with Crippen LogP contribution in [0.25, 0.3) is 0 Å². The first-order valence-corrected chi connectivity index (χ1v) is 8.08. The molecule has 0 aromatic heterocycles. The Labute approximate surface area is 129 Å².